The van der Waals surface area contributed by atoms with Gasteiger partial charge < -0.3 is 9.15 Å². The van der Waals surface area contributed by atoms with Gasteiger partial charge in [0, 0.05) is 5.39 Å². The maximum atomic E-state index is 11.5. The van der Waals surface area contributed by atoms with Crippen LogP contribution in [0.25, 0.3) is 17.0 Å². The molecule has 1 fully saturated rings. The molecular weight excluding hydrogens is 294 g/mol. The summed E-state index contributed by atoms with van der Waals surface area (Å²) in [5.74, 6) is -0.859. The molecule has 1 aromatic carbocycles. The standard InChI is InChI=1S/C14H9NO5S/c1-19-13(17)10-6-8-3-2-7(4-9(8)20-10)5-11-12(16)15-14(18)21-11/h2-6H,1H3,(H,15,16,18). The fourth-order valence-corrected chi connectivity index (χ4v) is 2.59. The van der Waals surface area contributed by atoms with E-state index in [-0.39, 0.29) is 5.76 Å². The third kappa shape index (κ3) is 2.55. The highest BCUT2D eigenvalue weighted by Gasteiger charge is 2.25. The Balaban J connectivity index is 1.98. The number of thioether (sulfide) groups is 1. The zero-order chi connectivity index (χ0) is 15.0. The maximum Gasteiger partial charge on any atom is 0.373 e. The first-order valence-electron chi connectivity index (χ1n) is 5.93. The Kier molecular flexibility index (Phi) is 3.26. The lowest BCUT2D eigenvalue weighted by molar-refractivity contribution is -0.115. The zero-order valence-electron chi connectivity index (χ0n) is 10.8. The summed E-state index contributed by atoms with van der Waals surface area (Å²) < 4.78 is 9.99. The third-order valence-electron chi connectivity index (χ3n) is 2.87. The van der Waals surface area contributed by atoms with Crippen LogP contribution in [0.2, 0.25) is 0 Å². The SMILES string of the molecule is COC(=O)c1cc2ccc(C=C3SC(=O)NC3=O)cc2o1. The van der Waals surface area contributed by atoms with Crippen molar-refractivity contribution in [1.82, 2.24) is 5.32 Å². The van der Waals surface area contributed by atoms with E-state index in [9.17, 15) is 14.4 Å². The number of fused-ring (bicyclic) bond motifs is 1. The second kappa shape index (κ2) is 5.10. The van der Waals surface area contributed by atoms with Gasteiger partial charge in [-0.05, 0) is 35.5 Å². The number of esters is 1. The summed E-state index contributed by atoms with van der Waals surface area (Å²) in [4.78, 5) is 34.3. The number of benzene rings is 1. The van der Waals surface area contributed by atoms with Crippen LogP contribution in [0.4, 0.5) is 4.79 Å². The molecule has 3 rings (SSSR count). The van der Waals surface area contributed by atoms with Crippen LogP contribution in [-0.2, 0) is 9.53 Å². The van der Waals surface area contributed by atoms with Crippen LogP contribution in [0, 0.1) is 0 Å². The van der Waals surface area contributed by atoms with Gasteiger partial charge in [-0.1, -0.05) is 12.1 Å². The molecule has 6 nitrogen and oxygen atoms in total. The van der Waals surface area contributed by atoms with Gasteiger partial charge in [0.05, 0.1) is 12.0 Å². The molecule has 2 aromatic rings. The van der Waals surface area contributed by atoms with Gasteiger partial charge in [-0.3, -0.25) is 14.9 Å². The number of carbonyl (C=O) groups is 3. The van der Waals surface area contributed by atoms with E-state index >= 15 is 0 Å². The van der Waals surface area contributed by atoms with Crippen molar-refractivity contribution in [1.29, 1.82) is 0 Å². The summed E-state index contributed by atoms with van der Waals surface area (Å²) in [5, 5.41) is 2.54. The lowest BCUT2D eigenvalue weighted by Gasteiger charge is -1.95. The molecule has 1 N–H and O–H groups in total. The van der Waals surface area contributed by atoms with E-state index in [1.807, 2.05) is 0 Å². The fraction of sp³-hybridized carbons (Fsp3) is 0.0714. The molecule has 21 heavy (non-hydrogen) atoms. The number of hydrogen-bond acceptors (Lipinski definition) is 6. The van der Waals surface area contributed by atoms with Crippen molar-refractivity contribution in [2.75, 3.05) is 7.11 Å². The van der Waals surface area contributed by atoms with Crippen molar-refractivity contribution in [3.63, 3.8) is 0 Å². The van der Waals surface area contributed by atoms with Crippen LogP contribution in [0.5, 0.6) is 0 Å². The quantitative estimate of drug-likeness (QED) is 0.678. The largest absolute Gasteiger partial charge is 0.463 e. The first-order chi connectivity index (χ1) is 10.1. The molecule has 1 aliphatic rings. The highest BCUT2D eigenvalue weighted by molar-refractivity contribution is 8.18. The minimum absolute atomic E-state index is 0.112. The van der Waals surface area contributed by atoms with Crippen LogP contribution in [0.1, 0.15) is 16.1 Å². The average molecular weight is 303 g/mol. The van der Waals surface area contributed by atoms with E-state index in [0.717, 1.165) is 17.1 Å². The van der Waals surface area contributed by atoms with Crippen molar-refractivity contribution in [2.45, 2.75) is 0 Å². The summed E-state index contributed by atoms with van der Waals surface area (Å²) in [7, 11) is 1.28. The van der Waals surface area contributed by atoms with Crippen LogP contribution in [0.3, 0.4) is 0 Å². The highest BCUT2D eigenvalue weighted by atomic mass is 32.2. The first-order valence-corrected chi connectivity index (χ1v) is 6.75. The van der Waals surface area contributed by atoms with Crippen molar-refractivity contribution in [3.05, 3.63) is 40.5 Å². The smallest absolute Gasteiger partial charge is 0.373 e. The molecule has 0 unspecified atom stereocenters. The Morgan fingerprint density at radius 1 is 1.33 bits per heavy atom. The average Bonchev–Trinajstić information content (AvgIpc) is 3.01. The van der Waals surface area contributed by atoms with Crippen LogP contribution < -0.4 is 5.32 Å². The van der Waals surface area contributed by atoms with E-state index in [4.69, 9.17) is 4.42 Å². The molecule has 0 saturated carbocycles. The number of amides is 2. The van der Waals surface area contributed by atoms with Crippen molar-refractivity contribution < 1.29 is 23.5 Å². The maximum absolute atomic E-state index is 11.5. The number of furan rings is 1. The number of ether oxygens (including phenoxy) is 1. The van der Waals surface area contributed by atoms with E-state index in [1.54, 1.807) is 30.3 Å². The Morgan fingerprint density at radius 2 is 2.14 bits per heavy atom. The Hall–Kier alpha value is -2.54. The summed E-state index contributed by atoms with van der Waals surface area (Å²) in [6.07, 6.45) is 1.59. The number of carbonyl (C=O) groups excluding carboxylic acids is 3. The molecule has 1 saturated heterocycles. The molecule has 0 bridgehead atoms. The minimum atomic E-state index is -0.553. The molecule has 106 valence electrons. The number of rotatable bonds is 2. The zero-order valence-corrected chi connectivity index (χ0v) is 11.7. The monoisotopic (exact) mass is 303 g/mol. The number of hydrogen-bond donors (Lipinski definition) is 1. The Morgan fingerprint density at radius 3 is 2.81 bits per heavy atom. The molecule has 0 spiro atoms. The van der Waals surface area contributed by atoms with E-state index in [1.165, 1.54) is 7.11 Å². The molecule has 2 heterocycles. The van der Waals surface area contributed by atoms with E-state index in [2.05, 4.69) is 10.1 Å². The lowest BCUT2D eigenvalue weighted by atomic mass is 10.1. The Bertz CT molecular complexity index is 805. The van der Waals surface area contributed by atoms with Crippen molar-refractivity contribution in [3.8, 4) is 0 Å². The molecule has 0 radical (unpaired) electrons. The summed E-state index contributed by atoms with van der Waals surface area (Å²) in [6, 6.07) is 6.80. The van der Waals surface area contributed by atoms with Crippen LogP contribution in [0.15, 0.2) is 33.6 Å². The number of imide groups is 1. The Labute approximate surface area is 123 Å². The molecule has 0 atom stereocenters. The predicted octanol–water partition coefficient (Wildman–Crippen LogP) is 2.54. The molecule has 7 heteroatoms. The topological polar surface area (TPSA) is 85.6 Å². The minimum Gasteiger partial charge on any atom is -0.463 e. The predicted molar refractivity (Wildman–Crippen MR) is 76.7 cm³/mol. The van der Waals surface area contributed by atoms with Crippen molar-refractivity contribution in [2.24, 2.45) is 0 Å². The van der Waals surface area contributed by atoms with Crippen LogP contribution >= 0.6 is 11.8 Å². The lowest BCUT2D eigenvalue weighted by Crippen LogP contribution is -2.17. The van der Waals surface area contributed by atoms with Crippen molar-refractivity contribution >= 4 is 45.9 Å². The molecule has 0 aliphatic carbocycles. The normalized spacial score (nSPS) is 16.5. The summed E-state index contributed by atoms with van der Waals surface area (Å²) in [6.45, 7) is 0. The molecular formula is C14H9NO5S. The molecule has 2 amide bonds. The highest BCUT2D eigenvalue weighted by Crippen LogP contribution is 2.27. The number of nitrogens with one attached hydrogen (secondary N) is 1. The van der Waals surface area contributed by atoms with Gasteiger partial charge in [0.1, 0.15) is 5.58 Å². The van der Waals surface area contributed by atoms with Gasteiger partial charge in [-0.15, -0.1) is 0 Å². The van der Waals surface area contributed by atoms with Crippen LogP contribution in [-0.4, -0.2) is 24.2 Å². The summed E-state index contributed by atoms with van der Waals surface area (Å²) >= 11 is 0.844. The van der Waals surface area contributed by atoms with Gasteiger partial charge in [-0.25, -0.2) is 4.79 Å². The van der Waals surface area contributed by atoms with E-state index < -0.39 is 17.1 Å². The third-order valence-corrected chi connectivity index (χ3v) is 3.68. The molecule has 1 aliphatic heterocycles. The number of methoxy groups -OCH3 is 1. The van der Waals surface area contributed by atoms with Gasteiger partial charge in [0.25, 0.3) is 11.1 Å². The molecule has 1 aromatic heterocycles. The van der Waals surface area contributed by atoms with Gasteiger partial charge in [0.2, 0.25) is 5.76 Å². The summed E-state index contributed by atoms with van der Waals surface area (Å²) in [5.41, 5.74) is 1.19. The second-order valence-corrected chi connectivity index (χ2v) is 5.27. The first kappa shape index (κ1) is 13.4. The fourth-order valence-electron chi connectivity index (χ4n) is 1.91. The van der Waals surface area contributed by atoms with E-state index in [0.29, 0.717) is 16.1 Å². The van der Waals surface area contributed by atoms with Gasteiger partial charge >= 0.3 is 5.97 Å². The second-order valence-electron chi connectivity index (χ2n) is 4.25. The van der Waals surface area contributed by atoms with Gasteiger partial charge in [0.15, 0.2) is 0 Å². The van der Waals surface area contributed by atoms with Gasteiger partial charge in [-0.2, -0.15) is 0 Å².